The molecule has 0 saturated carbocycles. The molecule has 0 radical (unpaired) electrons. The number of nitrogens with zero attached hydrogens (tertiary/aromatic N) is 3. The zero-order valence-corrected chi connectivity index (χ0v) is 29.4. The molecule has 0 aliphatic carbocycles. The molecule has 3 heterocycles. The highest BCUT2D eigenvalue weighted by atomic mass is 127. The van der Waals surface area contributed by atoms with Crippen LogP contribution < -0.4 is 24.4 Å². The maximum Gasteiger partial charge on any atom is 0.343 e. The van der Waals surface area contributed by atoms with E-state index in [0.717, 1.165) is 26.2 Å². The van der Waals surface area contributed by atoms with Crippen LogP contribution in [0.4, 0.5) is 0 Å². The van der Waals surface area contributed by atoms with E-state index in [-0.39, 0.29) is 24.3 Å². The molecule has 0 saturated heterocycles. The van der Waals surface area contributed by atoms with E-state index < -0.39 is 18.0 Å². The Bertz CT molecular complexity index is 2020. The molecule has 2 aromatic carbocycles. The number of rotatable bonds is 10. The van der Waals surface area contributed by atoms with Crippen molar-refractivity contribution in [2.45, 2.75) is 40.7 Å². The van der Waals surface area contributed by atoms with Crippen molar-refractivity contribution in [2.24, 2.45) is 4.99 Å². The number of fused-ring (bicyclic) bond motifs is 1. The fourth-order valence-corrected chi connectivity index (χ4v) is 6.84. The summed E-state index contributed by atoms with van der Waals surface area (Å²) in [6.45, 7) is 9.53. The molecule has 1 aliphatic rings. The molecule has 4 aromatic rings. The summed E-state index contributed by atoms with van der Waals surface area (Å²) in [5, 5.41) is 0. The van der Waals surface area contributed by atoms with Gasteiger partial charge in [0, 0.05) is 20.6 Å². The number of halogens is 1. The molecule has 0 N–H and O–H groups in total. The first kappa shape index (κ1) is 33.2. The predicted octanol–water partition coefficient (Wildman–Crippen LogP) is 4.76. The Kier molecular flexibility index (Phi) is 10.2. The summed E-state index contributed by atoms with van der Waals surface area (Å²) in [5.74, 6) is -0.425. The summed E-state index contributed by atoms with van der Waals surface area (Å²) in [5.41, 5.74) is 4.99. The van der Waals surface area contributed by atoms with E-state index in [4.69, 9.17) is 23.9 Å². The van der Waals surface area contributed by atoms with Gasteiger partial charge in [0.25, 0.3) is 5.56 Å². The molecule has 240 valence electrons. The van der Waals surface area contributed by atoms with E-state index >= 15 is 0 Å². The summed E-state index contributed by atoms with van der Waals surface area (Å²) in [4.78, 5) is 44.5. The monoisotopic (exact) mass is 755 g/mol. The standard InChI is InChI=1S/C34H34IN3O7S/c1-7-43-27-16-22(9-14-26(27)45-18-29(39)42-6)31-30(33(41)44-8-2)20(4)36-34-38(31)32(40)28(46-34)17-23-15-19(3)37(21(23)5)25-12-10-24(35)11-13-25/h9-17,31H,7-8,18H2,1-6H3/b28-17+/t31-/m0/s1. The Labute approximate surface area is 283 Å². The van der Waals surface area contributed by atoms with Crippen LogP contribution in [0.15, 0.2) is 69.6 Å². The van der Waals surface area contributed by atoms with Crippen molar-refractivity contribution >= 4 is 51.9 Å². The number of allylic oxidation sites excluding steroid dienone is 1. The second-order valence-corrected chi connectivity index (χ2v) is 12.7. The minimum Gasteiger partial charge on any atom is -0.490 e. The van der Waals surface area contributed by atoms with Crippen LogP contribution in [-0.4, -0.2) is 48.0 Å². The highest BCUT2D eigenvalue weighted by Crippen LogP contribution is 2.36. The SMILES string of the molecule is CCOC(=O)C1=C(C)N=c2s/c(=C/c3cc(C)n(-c4ccc(I)cc4)c3C)c(=O)n2[C@H]1c1ccc(OCC(=O)OC)c(OCC)c1. The Morgan fingerprint density at radius 2 is 1.74 bits per heavy atom. The Hall–Kier alpha value is -4.17. The highest BCUT2D eigenvalue weighted by Gasteiger charge is 2.34. The summed E-state index contributed by atoms with van der Waals surface area (Å²) in [6.07, 6.45) is 1.88. The number of hydrogen-bond donors (Lipinski definition) is 0. The van der Waals surface area contributed by atoms with Crippen LogP contribution in [-0.2, 0) is 19.1 Å². The average Bonchev–Trinajstić information content (AvgIpc) is 3.49. The number of carbonyl (C=O) groups excluding carboxylic acids is 2. The molecule has 0 unspecified atom stereocenters. The zero-order chi connectivity index (χ0) is 33.1. The quantitative estimate of drug-likeness (QED) is 0.170. The second-order valence-electron chi connectivity index (χ2n) is 10.4. The van der Waals surface area contributed by atoms with Crippen molar-refractivity contribution in [3.05, 3.63) is 106 Å². The van der Waals surface area contributed by atoms with Gasteiger partial charge < -0.3 is 23.5 Å². The maximum atomic E-state index is 14.2. The molecule has 1 atom stereocenters. The minimum atomic E-state index is -0.842. The van der Waals surface area contributed by atoms with Gasteiger partial charge in [0.2, 0.25) is 0 Å². The third-order valence-corrected chi connectivity index (χ3v) is 9.22. The van der Waals surface area contributed by atoms with Crippen molar-refractivity contribution in [1.82, 2.24) is 9.13 Å². The normalized spacial score (nSPS) is 14.5. The Morgan fingerprint density at radius 3 is 2.41 bits per heavy atom. The van der Waals surface area contributed by atoms with Crippen molar-refractivity contribution in [3.8, 4) is 17.2 Å². The topological polar surface area (TPSA) is 110 Å². The first-order valence-corrected chi connectivity index (χ1v) is 16.6. The molecular formula is C34H34IN3O7S. The predicted molar refractivity (Wildman–Crippen MR) is 183 cm³/mol. The molecule has 5 rings (SSSR count). The van der Waals surface area contributed by atoms with E-state index in [1.807, 2.05) is 26.8 Å². The number of methoxy groups -OCH3 is 1. The number of aryl methyl sites for hydroxylation is 1. The van der Waals surface area contributed by atoms with Crippen LogP contribution in [0.2, 0.25) is 0 Å². The summed E-state index contributed by atoms with van der Waals surface area (Å²) < 4.78 is 26.9. The van der Waals surface area contributed by atoms with Gasteiger partial charge in [0.05, 0.1) is 42.2 Å². The summed E-state index contributed by atoms with van der Waals surface area (Å²) in [6, 6.07) is 14.6. The fraction of sp³-hybridized carbons (Fsp3) is 0.294. The van der Waals surface area contributed by atoms with Gasteiger partial charge in [0.15, 0.2) is 22.9 Å². The van der Waals surface area contributed by atoms with Crippen molar-refractivity contribution < 1.29 is 28.5 Å². The first-order chi connectivity index (χ1) is 22.1. The lowest BCUT2D eigenvalue weighted by molar-refractivity contribution is -0.143. The number of hydrogen-bond acceptors (Lipinski definition) is 9. The van der Waals surface area contributed by atoms with Gasteiger partial charge in [-0.25, -0.2) is 14.6 Å². The van der Waals surface area contributed by atoms with Crippen molar-refractivity contribution in [2.75, 3.05) is 26.9 Å². The smallest absolute Gasteiger partial charge is 0.343 e. The van der Waals surface area contributed by atoms with Crippen LogP contribution in [0.5, 0.6) is 11.5 Å². The highest BCUT2D eigenvalue weighted by molar-refractivity contribution is 14.1. The van der Waals surface area contributed by atoms with Crippen molar-refractivity contribution in [3.63, 3.8) is 0 Å². The lowest BCUT2D eigenvalue weighted by Crippen LogP contribution is -2.40. The molecule has 46 heavy (non-hydrogen) atoms. The van der Waals surface area contributed by atoms with Gasteiger partial charge in [-0.05, 0) is 117 Å². The van der Waals surface area contributed by atoms with Gasteiger partial charge in [-0.3, -0.25) is 9.36 Å². The van der Waals surface area contributed by atoms with E-state index in [2.05, 4.69) is 57.5 Å². The fourth-order valence-electron chi connectivity index (χ4n) is 5.45. The zero-order valence-electron chi connectivity index (χ0n) is 26.4. The minimum absolute atomic E-state index is 0.160. The van der Waals surface area contributed by atoms with E-state index in [1.165, 1.54) is 23.0 Å². The molecular weight excluding hydrogens is 721 g/mol. The van der Waals surface area contributed by atoms with Crippen LogP contribution in [0, 0.1) is 17.4 Å². The van der Waals surface area contributed by atoms with Crippen LogP contribution in [0.3, 0.4) is 0 Å². The van der Waals surface area contributed by atoms with E-state index in [1.54, 1.807) is 32.0 Å². The third-order valence-electron chi connectivity index (χ3n) is 7.52. The number of aromatic nitrogens is 2. The molecule has 2 aromatic heterocycles. The molecule has 1 aliphatic heterocycles. The van der Waals surface area contributed by atoms with Crippen LogP contribution in [0.1, 0.15) is 49.3 Å². The molecule has 0 bridgehead atoms. The Morgan fingerprint density at radius 1 is 1.00 bits per heavy atom. The number of thiazole rings is 1. The number of carbonyl (C=O) groups is 2. The van der Waals surface area contributed by atoms with Crippen LogP contribution >= 0.6 is 33.9 Å². The van der Waals surface area contributed by atoms with Gasteiger partial charge in [0.1, 0.15) is 0 Å². The van der Waals surface area contributed by atoms with Gasteiger partial charge in [-0.1, -0.05) is 17.4 Å². The summed E-state index contributed by atoms with van der Waals surface area (Å²) >= 11 is 3.55. The first-order valence-electron chi connectivity index (χ1n) is 14.7. The summed E-state index contributed by atoms with van der Waals surface area (Å²) in [7, 11) is 1.28. The van der Waals surface area contributed by atoms with Crippen LogP contribution in [0.25, 0.3) is 11.8 Å². The number of ether oxygens (including phenoxy) is 4. The molecule has 0 spiro atoms. The second kappa shape index (κ2) is 14.1. The number of esters is 2. The van der Waals surface area contributed by atoms with Gasteiger partial charge in [-0.15, -0.1) is 0 Å². The third kappa shape index (κ3) is 6.54. The average molecular weight is 756 g/mol. The number of benzene rings is 2. The Balaban J connectivity index is 1.66. The lowest BCUT2D eigenvalue weighted by atomic mass is 9.95. The van der Waals surface area contributed by atoms with E-state index in [0.29, 0.717) is 38.7 Å². The molecule has 12 heteroatoms. The van der Waals surface area contributed by atoms with Gasteiger partial charge >= 0.3 is 11.9 Å². The molecule has 10 nitrogen and oxygen atoms in total. The molecule has 0 fully saturated rings. The van der Waals surface area contributed by atoms with Gasteiger partial charge in [-0.2, -0.15) is 0 Å². The molecule has 0 amide bonds. The maximum absolute atomic E-state index is 14.2. The largest absolute Gasteiger partial charge is 0.490 e. The van der Waals surface area contributed by atoms with Crippen molar-refractivity contribution in [1.29, 1.82) is 0 Å². The van der Waals surface area contributed by atoms with E-state index in [9.17, 15) is 14.4 Å². The lowest BCUT2D eigenvalue weighted by Gasteiger charge is -2.25.